The average Bonchev–Trinajstić information content (AvgIpc) is 3.00. The van der Waals surface area contributed by atoms with E-state index in [4.69, 9.17) is 0 Å². The highest BCUT2D eigenvalue weighted by Gasteiger charge is 2.34. The molecule has 0 unspecified atom stereocenters. The van der Waals surface area contributed by atoms with Gasteiger partial charge in [-0.05, 0) is 74.5 Å². The molecule has 0 saturated heterocycles. The van der Waals surface area contributed by atoms with E-state index in [1.165, 1.54) is 0 Å². The monoisotopic (exact) mass is 938 g/mol. The van der Waals surface area contributed by atoms with Crippen LogP contribution in [-0.4, -0.2) is 37.1 Å². The lowest BCUT2D eigenvalue weighted by atomic mass is 10.3. The zero-order chi connectivity index (χ0) is 50.1. The van der Waals surface area contributed by atoms with Gasteiger partial charge in [0, 0.05) is 0 Å². The van der Waals surface area contributed by atoms with Gasteiger partial charge in [0.2, 0.25) is 0 Å². The standard InChI is InChI=1S/C5H6F4.5C4H4F4.2C3H4F2/c1-3(4(2)6)5(7,8)9;1-3(2-5)4(6,7)8;2*1-3(5)2-4(6,7)8;2*1-2-3(5)4(6,7)8;2*1-3(5)2-4/h1-2H3;5*2H,1H3;2*2H,1H3/b4-3-;2*3-2+;3-2-;3-2+;3-2-;3-2+;3-2-. The van der Waals surface area contributed by atoms with E-state index in [1.807, 2.05) is 0 Å². The van der Waals surface area contributed by atoms with E-state index in [0.717, 1.165) is 48.5 Å². The second kappa shape index (κ2) is 34.8. The molecule has 0 aromatic heterocycles. The topological polar surface area (TPSA) is 0 Å². The summed E-state index contributed by atoms with van der Waals surface area (Å²) < 4.78 is 311. The van der Waals surface area contributed by atoms with Crippen LogP contribution in [0, 0.1) is 0 Å². The molecule has 354 valence electrons. The lowest BCUT2D eigenvalue weighted by Gasteiger charge is -2.04. The van der Waals surface area contributed by atoms with Gasteiger partial charge in [0.05, 0.1) is 29.6 Å². The molecule has 0 rings (SSSR count). The van der Waals surface area contributed by atoms with Gasteiger partial charge >= 0.3 is 37.1 Å². The minimum Gasteiger partial charge on any atom is -0.215 e. The Morgan fingerprint density at radius 3 is 0.559 bits per heavy atom. The largest absolute Gasteiger partial charge is 0.442 e. The summed E-state index contributed by atoms with van der Waals surface area (Å²) in [6.07, 6.45) is -28.3. The fourth-order valence-corrected chi connectivity index (χ4v) is 1.04. The third-order valence-electron chi connectivity index (χ3n) is 3.63. The van der Waals surface area contributed by atoms with Crippen LogP contribution in [0.2, 0.25) is 0 Å². The van der Waals surface area contributed by atoms with Crippen molar-refractivity contribution in [3.05, 3.63) is 95.2 Å². The molecule has 0 aromatic rings. The van der Waals surface area contributed by atoms with Crippen molar-refractivity contribution >= 4 is 0 Å². The summed E-state index contributed by atoms with van der Waals surface area (Å²) in [6, 6.07) is 0. The smallest absolute Gasteiger partial charge is 0.215 e. The van der Waals surface area contributed by atoms with Crippen LogP contribution in [0.4, 0.5) is 123 Å². The molecule has 0 amide bonds. The number of allylic oxidation sites excluding steroid dienone is 13. The van der Waals surface area contributed by atoms with Gasteiger partial charge in [-0.3, -0.25) is 0 Å². The van der Waals surface area contributed by atoms with E-state index in [-0.39, 0.29) is 12.7 Å². The molecule has 59 heavy (non-hydrogen) atoms. The highest BCUT2D eigenvalue weighted by atomic mass is 19.4. The molecule has 0 atom stereocenters. The van der Waals surface area contributed by atoms with Crippen LogP contribution in [0.3, 0.4) is 0 Å². The van der Waals surface area contributed by atoms with Crippen molar-refractivity contribution in [3.8, 4) is 0 Å². The lowest BCUT2D eigenvalue weighted by Crippen LogP contribution is -2.09. The molecule has 28 heteroatoms. The van der Waals surface area contributed by atoms with E-state index in [0.29, 0.717) is 26.0 Å². The van der Waals surface area contributed by atoms with Crippen LogP contribution in [0.15, 0.2) is 95.2 Å². The third-order valence-corrected chi connectivity index (χ3v) is 3.63. The zero-order valence-electron chi connectivity index (χ0n) is 31.1. The molecule has 0 aliphatic heterocycles. The van der Waals surface area contributed by atoms with Crippen LogP contribution in [0.25, 0.3) is 0 Å². The van der Waals surface area contributed by atoms with Gasteiger partial charge in [0.1, 0.15) is 41.8 Å². The first-order chi connectivity index (χ1) is 25.7. The van der Waals surface area contributed by atoms with Crippen LogP contribution in [-0.2, 0) is 0 Å². The molecule has 0 saturated carbocycles. The van der Waals surface area contributed by atoms with Crippen LogP contribution < -0.4 is 0 Å². The lowest BCUT2D eigenvalue weighted by molar-refractivity contribution is -0.109. The summed E-state index contributed by atoms with van der Waals surface area (Å²) >= 11 is 0. The van der Waals surface area contributed by atoms with Crippen molar-refractivity contribution < 1.29 is 123 Å². The first-order valence-electron chi connectivity index (χ1n) is 13.9. The van der Waals surface area contributed by atoms with Crippen molar-refractivity contribution in [2.45, 2.75) is 99.4 Å². The molecular weight excluding hydrogens is 904 g/mol. The Hall–Kier alpha value is -4.04. The van der Waals surface area contributed by atoms with E-state index in [9.17, 15) is 123 Å². The highest BCUT2D eigenvalue weighted by molar-refractivity contribution is 5.08. The zero-order valence-corrected chi connectivity index (χ0v) is 31.1. The van der Waals surface area contributed by atoms with Gasteiger partial charge in [0.15, 0.2) is 11.7 Å². The first-order valence-corrected chi connectivity index (χ1v) is 13.9. The molecule has 0 aliphatic carbocycles. The maximum Gasteiger partial charge on any atom is 0.442 e. The van der Waals surface area contributed by atoms with E-state index < -0.39 is 107 Å². The molecule has 0 nitrogen and oxygen atoms in total. The van der Waals surface area contributed by atoms with Crippen molar-refractivity contribution in [2.75, 3.05) is 0 Å². The first kappa shape index (κ1) is 72.6. The molecule has 0 heterocycles. The van der Waals surface area contributed by atoms with E-state index >= 15 is 0 Å². The van der Waals surface area contributed by atoms with Crippen molar-refractivity contribution in [1.82, 2.24) is 0 Å². The Kier molecular flexibility index (Phi) is 42.8. The molecule has 0 aliphatic rings. The maximum atomic E-state index is 11.8. The summed E-state index contributed by atoms with van der Waals surface area (Å²) in [4.78, 5) is 0. The predicted molar refractivity (Wildman–Crippen MR) is 162 cm³/mol. The second-order valence-corrected chi connectivity index (χ2v) is 9.15. The van der Waals surface area contributed by atoms with Gasteiger partial charge in [-0.2, -0.15) is 79.0 Å². The van der Waals surface area contributed by atoms with Crippen LogP contribution >= 0.6 is 0 Å². The molecule has 0 bridgehead atoms. The van der Waals surface area contributed by atoms with Gasteiger partial charge in [-0.1, -0.05) is 0 Å². The number of halogens is 28. The summed E-state index contributed by atoms with van der Waals surface area (Å²) in [7, 11) is 0. The average molecular weight is 939 g/mol. The van der Waals surface area contributed by atoms with Crippen LogP contribution in [0.1, 0.15) is 62.3 Å². The predicted octanol–water partition coefficient (Wildman–Crippen LogP) is 18.5. The Labute approximate surface area is 318 Å². The van der Waals surface area contributed by atoms with E-state index in [2.05, 4.69) is 0 Å². The fourth-order valence-electron chi connectivity index (χ4n) is 1.04. The Bertz CT molecular complexity index is 1200. The molecule has 0 spiro atoms. The number of hydrogen-bond acceptors (Lipinski definition) is 0. The fraction of sp³-hybridized carbons (Fsp3) is 0.484. The summed E-state index contributed by atoms with van der Waals surface area (Å²) in [5.41, 5.74) is -2.38. The second-order valence-electron chi connectivity index (χ2n) is 9.15. The summed E-state index contributed by atoms with van der Waals surface area (Å²) in [5.74, 6) is -9.29. The molecule has 0 radical (unpaired) electrons. The summed E-state index contributed by atoms with van der Waals surface area (Å²) in [5, 5.41) is 0. The minimum atomic E-state index is -4.80. The Morgan fingerprint density at radius 2 is 0.559 bits per heavy atom. The van der Waals surface area contributed by atoms with Gasteiger partial charge in [-0.15, -0.1) is 0 Å². The minimum absolute atomic E-state index is 0.0833. The van der Waals surface area contributed by atoms with Gasteiger partial charge < -0.3 is 0 Å². The van der Waals surface area contributed by atoms with Gasteiger partial charge in [-0.25, -0.2) is 43.9 Å². The van der Waals surface area contributed by atoms with Crippen molar-refractivity contribution in [2.24, 2.45) is 0 Å². The van der Waals surface area contributed by atoms with E-state index in [1.54, 1.807) is 0 Å². The van der Waals surface area contributed by atoms with Crippen molar-refractivity contribution in [1.29, 1.82) is 0 Å². The molecule has 0 fully saturated rings. The molecular formula is C31H34F28. The normalized spacial score (nSPS) is 14.2. The SMILES string of the molecule is C/C(=C\F)C(F)(F)F.C/C(F)=C(\C)C(F)(F)F.C/C(F)=C/C(F)(F)F.C/C(F)=C/F.C/C(F)=C\C(F)(F)F.C/C(F)=C\F.C/C=C(/F)C(F)(F)F.C/C=C(\F)C(F)(F)F. The maximum absolute atomic E-state index is 11.8. The van der Waals surface area contributed by atoms with Crippen molar-refractivity contribution in [3.63, 3.8) is 0 Å². The quantitative estimate of drug-likeness (QED) is 0.212. The highest BCUT2D eigenvalue weighted by Crippen LogP contribution is 2.28. The number of rotatable bonds is 0. The third kappa shape index (κ3) is 75.4. The summed E-state index contributed by atoms with van der Waals surface area (Å²) in [6.45, 7) is 7.70. The Balaban J connectivity index is -0.0000000845. The number of alkyl halides is 18. The van der Waals surface area contributed by atoms with Gasteiger partial charge in [0.25, 0.3) is 0 Å². The Morgan fingerprint density at radius 1 is 0.339 bits per heavy atom. The number of hydrogen-bond donors (Lipinski definition) is 0. The molecule has 0 aromatic carbocycles. The van der Waals surface area contributed by atoms with Crippen LogP contribution in [0.5, 0.6) is 0 Å². The molecule has 0 N–H and O–H groups in total.